The van der Waals surface area contributed by atoms with E-state index >= 15 is 0 Å². The first-order chi connectivity index (χ1) is 10.3. The fourth-order valence-corrected chi connectivity index (χ4v) is 2.54. The van der Waals surface area contributed by atoms with Gasteiger partial charge in [0.05, 0.1) is 18.9 Å². The molecule has 1 heterocycles. The maximum absolute atomic E-state index is 11.8. The Morgan fingerprint density at radius 3 is 3.05 bits per heavy atom. The van der Waals surface area contributed by atoms with Gasteiger partial charge in [-0.15, -0.1) is 0 Å². The Morgan fingerprint density at radius 1 is 1.48 bits per heavy atom. The minimum Gasteiger partial charge on any atom is -0.491 e. The van der Waals surface area contributed by atoms with E-state index in [9.17, 15) is 4.79 Å². The summed E-state index contributed by atoms with van der Waals surface area (Å²) in [5.41, 5.74) is 1.11. The number of esters is 1. The van der Waals surface area contributed by atoms with Crippen molar-refractivity contribution < 1.29 is 14.3 Å². The third kappa shape index (κ3) is 4.11. The lowest BCUT2D eigenvalue weighted by atomic mass is 10.1. The molecule has 5 heteroatoms. The number of carbonyl (C=O) groups excluding carboxylic acids is 1. The van der Waals surface area contributed by atoms with Gasteiger partial charge in [0.25, 0.3) is 0 Å². The van der Waals surface area contributed by atoms with Crippen LogP contribution in [0.4, 0.5) is 5.69 Å². The maximum Gasteiger partial charge on any atom is 0.323 e. The second-order valence-corrected chi connectivity index (χ2v) is 5.04. The molecular formula is C16H24N2O3. The van der Waals surface area contributed by atoms with E-state index < -0.39 is 0 Å². The highest BCUT2D eigenvalue weighted by atomic mass is 16.5. The zero-order valence-corrected chi connectivity index (χ0v) is 12.8. The number of likely N-dealkylation sites (N-methyl/N-ethyl adjacent to an activating group) is 1. The van der Waals surface area contributed by atoms with Crippen molar-refractivity contribution >= 4 is 11.7 Å². The van der Waals surface area contributed by atoms with Gasteiger partial charge in [-0.3, -0.25) is 4.79 Å². The summed E-state index contributed by atoms with van der Waals surface area (Å²) in [4.78, 5) is 14.1. The topological polar surface area (TPSA) is 50.8 Å². The molecule has 0 saturated heterocycles. The molecule has 0 saturated carbocycles. The lowest BCUT2D eigenvalue weighted by Gasteiger charge is -2.25. The summed E-state index contributed by atoms with van der Waals surface area (Å²) in [5.74, 6) is 0.742. The van der Waals surface area contributed by atoms with Gasteiger partial charge in [0.15, 0.2) is 0 Å². The van der Waals surface area contributed by atoms with Crippen molar-refractivity contribution in [3.05, 3.63) is 24.3 Å². The number of carbonyl (C=O) groups is 1. The molecule has 0 aromatic heterocycles. The smallest absolute Gasteiger partial charge is 0.323 e. The normalized spacial score (nSPS) is 15.6. The van der Waals surface area contributed by atoms with Gasteiger partial charge in [0.2, 0.25) is 0 Å². The predicted molar refractivity (Wildman–Crippen MR) is 82.9 cm³/mol. The van der Waals surface area contributed by atoms with Crippen molar-refractivity contribution in [1.29, 1.82) is 0 Å². The predicted octanol–water partition coefficient (Wildman–Crippen LogP) is 1.82. The molecule has 1 aliphatic heterocycles. The monoisotopic (exact) mass is 292 g/mol. The number of hydrogen-bond donors (Lipinski definition) is 1. The Hall–Kier alpha value is -1.75. The summed E-state index contributed by atoms with van der Waals surface area (Å²) < 4.78 is 10.8. The molecule has 5 nitrogen and oxygen atoms in total. The molecular weight excluding hydrogens is 268 g/mol. The highest BCUT2D eigenvalue weighted by Crippen LogP contribution is 2.30. The van der Waals surface area contributed by atoms with Gasteiger partial charge in [-0.05, 0) is 38.9 Å². The van der Waals surface area contributed by atoms with Crippen LogP contribution in [0.2, 0.25) is 0 Å². The zero-order valence-electron chi connectivity index (χ0n) is 12.8. The summed E-state index contributed by atoms with van der Waals surface area (Å²) >= 11 is 0. The van der Waals surface area contributed by atoms with E-state index in [-0.39, 0.29) is 12.0 Å². The summed E-state index contributed by atoms with van der Waals surface area (Å²) in [6.45, 7) is 4.71. The molecule has 0 bridgehead atoms. The number of anilines is 1. The summed E-state index contributed by atoms with van der Waals surface area (Å²) in [7, 11) is 1.79. The highest BCUT2D eigenvalue weighted by molar-refractivity contribution is 5.75. The molecule has 0 fully saturated rings. The van der Waals surface area contributed by atoms with Gasteiger partial charge >= 0.3 is 5.97 Å². The van der Waals surface area contributed by atoms with Gasteiger partial charge in [-0.1, -0.05) is 12.1 Å². The Labute approximate surface area is 126 Å². The van der Waals surface area contributed by atoms with Crippen molar-refractivity contribution in [1.82, 2.24) is 5.32 Å². The van der Waals surface area contributed by atoms with Crippen LogP contribution in [0.5, 0.6) is 5.75 Å². The number of hydrogen-bond acceptors (Lipinski definition) is 5. The second kappa shape index (κ2) is 7.88. The van der Waals surface area contributed by atoms with Crippen LogP contribution in [0.3, 0.4) is 0 Å². The molecule has 1 atom stereocenters. The molecule has 1 N–H and O–H groups in total. The molecule has 2 rings (SSSR count). The molecule has 0 spiro atoms. The molecule has 1 aromatic rings. The molecule has 0 amide bonds. The van der Waals surface area contributed by atoms with Crippen molar-refractivity contribution in [2.75, 3.05) is 38.3 Å². The molecule has 116 valence electrons. The third-order valence-corrected chi connectivity index (χ3v) is 3.64. The van der Waals surface area contributed by atoms with E-state index in [2.05, 4.69) is 16.3 Å². The Kier molecular flexibility index (Phi) is 5.87. The number of nitrogens with one attached hydrogen (secondary N) is 1. The molecule has 0 aliphatic carbocycles. The van der Waals surface area contributed by atoms with Crippen LogP contribution in [-0.2, 0) is 9.53 Å². The van der Waals surface area contributed by atoms with Gasteiger partial charge in [-0.25, -0.2) is 0 Å². The first-order valence-corrected chi connectivity index (χ1v) is 7.57. The number of fused-ring (bicyclic) bond motifs is 1. The van der Waals surface area contributed by atoms with Crippen LogP contribution in [-0.4, -0.2) is 45.4 Å². The minimum absolute atomic E-state index is 0.181. The van der Waals surface area contributed by atoms with E-state index in [0.29, 0.717) is 13.0 Å². The largest absolute Gasteiger partial charge is 0.491 e. The van der Waals surface area contributed by atoms with Crippen LogP contribution >= 0.6 is 0 Å². The van der Waals surface area contributed by atoms with Crippen molar-refractivity contribution in [3.63, 3.8) is 0 Å². The summed E-state index contributed by atoms with van der Waals surface area (Å²) in [6.07, 6.45) is 1.70. The number of para-hydroxylation sites is 2. The second-order valence-electron chi connectivity index (χ2n) is 5.04. The van der Waals surface area contributed by atoms with Gasteiger partial charge in [0.1, 0.15) is 11.8 Å². The molecule has 21 heavy (non-hydrogen) atoms. The van der Waals surface area contributed by atoms with Crippen molar-refractivity contribution in [2.24, 2.45) is 0 Å². The summed E-state index contributed by atoms with van der Waals surface area (Å²) in [6, 6.07) is 7.80. The standard InChI is InChI=1S/C16H24N2O3/c1-3-20-16(19)13(17-2)9-11-18-10-6-12-21-15-8-5-4-7-14(15)18/h4-5,7-8,13,17H,3,6,9-12H2,1-2H3. The van der Waals surface area contributed by atoms with E-state index in [1.54, 1.807) is 7.05 Å². The lowest BCUT2D eigenvalue weighted by Crippen LogP contribution is -2.39. The van der Waals surface area contributed by atoms with Crippen LogP contribution in [0, 0.1) is 0 Å². The average Bonchev–Trinajstić information content (AvgIpc) is 2.71. The first kappa shape index (κ1) is 15.6. The first-order valence-electron chi connectivity index (χ1n) is 7.57. The quantitative estimate of drug-likeness (QED) is 0.811. The maximum atomic E-state index is 11.8. The number of rotatable bonds is 6. The van der Waals surface area contributed by atoms with Gasteiger partial charge in [-0.2, -0.15) is 0 Å². The molecule has 0 radical (unpaired) electrons. The molecule has 1 unspecified atom stereocenters. The average molecular weight is 292 g/mol. The van der Waals surface area contributed by atoms with E-state index in [0.717, 1.165) is 37.6 Å². The lowest BCUT2D eigenvalue weighted by molar-refractivity contribution is -0.145. The molecule has 1 aromatic carbocycles. The van der Waals surface area contributed by atoms with E-state index in [1.165, 1.54) is 0 Å². The fraction of sp³-hybridized carbons (Fsp3) is 0.562. The molecule has 1 aliphatic rings. The summed E-state index contributed by atoms with van der Waals surface area (Å²) in [5, 5.41) is 3.03. The van der Waals surface area contributed by atoms with Crippen molar-refractivity contribution in [2.45, 2.75) is 25.8 Å². The number of nitrogens with zero attached hydrogens (tertiary/aromatic N) is 1. The fourth-order valence-electron chi connectivity index (χ4n) is 2.54. The van der Waals surface area contributed by atoms with E-state index in [1.807, 2.05) is 25.1 Å². The Bertz CT molecular complexity index is 465. The van der Waals surface area contributed by atoms with Crippen LogP contribution in [0.15, 0.2) is 24.3 Å². The van der Waals surface area contributed by atoms with Crippen LogP contribution in [0.1, 0.15) is 19.8 Å². The third-order valence-electron chi connectivity index (χ3n) is 3.64. The minimum atomic E-state index is -0.263. The Morgan fingerprint density at radius 2 is 2.29 bits per heavy atom. The van der Waals surface area contributed by atoms with Crippen LogP contribution < -0.4 is 15.0 Å². The van der Waals surface area contributed by atoms with Crippen molar-refractivity contribution in [3.8, 4) is 5.75 Å². The number of ether oxygens (including phenoxy) is 2. The van der Waals surface area contributed by atoms with Crippen LogP contribution in [0.25, 0.3) is 0 Å². The Balaban J connectivity index is 2.00. The van der Waals surface area contributed by atoms with E-state index in [4.69, 9.17) is 9.47 Å². The zero-order chi connectivity index (χ0) is 15.1. The highest BCUT2D eigenvalue weighted by Gasteiger charge is 2.21. The number of benzene rings is 1. The SMILES string of the molecule is CCOC(=O)C(CCN1CCCOc2ccccc21)NC. The van der Waals surface area contributed by atoms with Gasteiger partial charge < -0.3 is 19.7 Å². The van der Waals surface area contributed by atoms with Gasteiger partial charge in [0, 0.05) is 13.1 Å².